The molecule has 3 rings (SSSR count). The lowest BCUT2D eigenvalue weighted by molar-refractivity contribution is 0.0697. The number of nitrogens with zero attached hydrogens (tertiary/aromatic N) is 1. The number of carbonyl (C=O) groups excluding carboxylic acids is 1. The fourth-order valence-corrected chi connectivity index (χ4v) is 3.80. The number of fused-ring (bicyclic) bond motifs is 1. The van der Waals surface area contributed by atoms with Crippen LogP contribution in [0.25, 0.3) is 0 Å². The molecular formula is C18H17NO3S. The summed E-state index contributed by atoms with van der Waals surface area (Å²) in [5, 5.41) is 13.3. The van der Waals surface area contributed by atoms with Gasteiger partial charge in [-0.3, -0.25) is 0 Å². The molecule has 0 bridgehead atoms. The normalized spacial score (nSPS) is 15.4. The van der Waals surface area contributed by atoms with Crippen LogP contribution in [0.3, 0.4) is 0 Å². The van der Waals surface area contributed by atoms with Crippen LogP contribution in [-0.2, 0) is 16.6 Å². The monoisotopic (exact) mass is 327 g/mol. The first-order valence-corrected chi connectivity index (χ1v) is 8.31. The van der Waals surface area contributed by atoms with Gasteiger partial charge in [0.25, 0.3) is 0 Å². The van der Waals surface area contributed by atoms with E-state index >= 15 is 0 Å². The van der Waals surface area contributed by atoms with Crippen LogP contribution in [0.2, 0.25) is 0 Å². The number of carboxylic acids is 1. The second-order valence-corrected chi connectivity index (χ2v) is 6.93. The highest BCUT2D eigenvalue weighted by atomic mass is 32.1. The van der Waals surface area contributed by atoms with Gasteiger partial charge in [0, 0.05) is 17.6 Å². The SMILES string of the molecule is CC1(C)C(=C=O)N(CCc2ccsc2)c2cc(C(=O)O)ccc21. The molecule has 23 heavy (non-hydrogen) atoms. The number of benzene rings is 1. The van der Waals surface area contributed by atoms with E-state index in [0.717, 1.165) is 17.7 Å². The number of hydrogen-bond donors (Lipinski definition) is 1. The zero-order chi connectivity index (χ0) is 16.6. The van der Waals surface area contributed by atoms with Gasteiger partial charge in [-0.15, -0.1) is 0 Å². The van der Waals surface area contributed by atoms with E-state index in [1.807, 2.05) is 24.1 Å². The summed E-state index contributed by atoms with van der Waals surface area (Å²) >= 11 is 1.64. The van der Waals surface area contributed by atoms with Crippen molar-refractivity contribution in [2.75, 3.05) is 11.4 Å². The molecule has 0 atom stereocenters. The van der Waals surface area contributed by atoms with Crippen molar-refractivity contribution in [1.82, 2.24) is 0 Å². The summed E-state index contributed by atoms with van der Waals surface area (Å²) in [6, 6.07) is 7.11. The van der Waals surface area contributed by atoms with E-state index in [-0.39, 0.29) is 5.56 Å². The standard InChI is InChI=1S/C18H17NO3S/c1-18(2)14-4-3-13(17(21)22)9-15(14)19(16(18)10-20)7-5-12-6-8-23-11-12/h3-4,6,8-9,11H,5,7H2,1-2H3,(H,21,22). The maximum atomic E-state index is 11.6. The van der Waals surface area contributed by atoms with Crippen molar-refractivity contribution in [2.24, 2.45) is 0 Å². The van der Waals surface area contributed by atoms with E-state index in [4.69, 9.17) is 0 Å². The summed E-state index contributed by atoms with van der Waals surface area (Å²) in [6.45, 7) is 4.56. The number of hydrogen-bond acceptors (Lipinski definition) is 4. The van der Waals surface area contributed by atoms with Gasteiger partial charge in [0.05, 0.1) is 5.56 Å². The first-order valence-electron chi connectivity index (χ1n) is 7.37. The van der Waals surface area contributed by atoms with Gasteiger partial charge < -0.3 is 10.0 Å². The Morgan fingerprint density at radius 2 is 2.13 bits per heavy atom. The molecular weight excluding hydrogens is 310 g/mol. The zero-order valence-electron chi connectivity index (χ0n) is 13.0. The van der Waals surface area contributed by atoms with Crippen molar-refractivity contribution < 1.29 is 14.7 Å². The maximum Gasteiger partial charge on any atom is 0.335 e. The molecule has 1 N–H and O–H groups in total. The van der Waals surface area contributed by atoms with Gasteiger partial charge >= 0.3 is 5.97 Å². The summed E-state index contributed by atoms with van der Waals surface area (Å²) in [6.07, 6.45) is 0.793. The van der Waals surface area contributed by atoms with Gasteiger partial charge in [0.1, 0.15) is 11.6 Å². The third kappa shape index (κ3) is 2.58. The Bertz CT molecular complexity index is 802. The minimum absolute atomic E-state index is 0.229. The summed E-state index contributed by atoms with van der Waals surface area (Å²) in [5.41, 5.74) is 3.29. The molecule has 0 saturated heterocycles. The van der Waals surface area contributed by atoms with Crippen LogP contribution in [0.1, 0.15) is 35.3 Å². The molecule has 0 unspecified atom stereocenters. The maximum absolute atomic E-state index is 11.6. The van der Waals surface area contributed by atoms with Gasteiger partial charge in [-0.05, 0) is 60.4 Å². The third-order valence-electron chi connectivity index (χ3n) is 4.37. The second-order valence-electron chi connectivity index (χ2n) is 6.15. The van der Waals surface area contributed by atoms with E-state index < -0.39 is 11.4 Å². The molecule has 2 heterocycles. The van der Waals surface area contributed by atoms with Crippen molar-refractivity contribution in [3.8, 4) is 0 Å². The van der Waals surface area contributed by atoms with Gasteiger partial charge in [0.2, 0.25) is 0 Å². The first-order chi connectivity index (χ1) is 10.9. The van der Waals surface area contributed by atoms with Crippen LogP contribution >= 0.6 is 11.3 Å². The molecule has 0 spiro atoms. The van der Waals surface area contributed by atoms with Crippen molar-refractivity contribution in [3.63, 3.8) is 0 Å². The largest absolute Gasteiger partial charge is 0.478 e. The number of carbonyl (C=O) groups is 1. The number of carboxylic acid groups (broad SMARTS) is 1. The van der Waals surface area contributed by atoms with Crippen molar-refractivity contribution >= 4 is 28.9 Å². The summed E-state index contributed by atoms with van der Waals surface area (Å²) in [5.74, 6) is 1.11. The highest BCUT2D eigenvalue weighted by Gasteiger charge is 2.41. The Hall–Kier alpha value is -2.36. The van der Waals surface area contributed by atoms with Crippen LogP contribution in [0.4, 0.5) is 5.69 Å². The van der Waals surface area contributed by atoms with Gasteiger partial charge in [0.15, 0.2) is 0 Å². The van der Waals surface area contributed by atoms with Crippen molar-refractivity contribution in [2.45, 2.75) is 25.7 Å². The predicted molar refractivity (Wildman–Crippen MR) is 91.0 cm³/mol. The molecule has 0 fully saturated rings. The molecule has 1 aliphatic heterocycles. The van der Waals surface area contributed by atoms with Gasteiger partial charge in [-0.2, -0.15) is 11.3 Å². The molecule has 0 saturated carbocycles. The molecule has 2 aromatic rings. The predicted octanol–water partition coefficient (Wildman–Crippen LogP) is 3.50. The van der Waals surface area contributed by atoms with Crippen LogP contribution in [0.15, 0.2) is 40.7 Å². The Balaban J connectivity index is 2.02. The molecule has 1 aliphatic rings. The summed E-state index contributed by atoms with van der Waals surface area (Å²) in [7, 11) is 0. The number of allylic oxidation sites excluding steroid dienone is 1. The Kier molecular flexibility index (Phi) is 3.84. The van der Waals surface area contributed by atoms with Gasteiger partial charge in [-0.1, -0.05) is 6.07 Å². The summed E-state index contributed by atoms with van der Waals surface area (Å²) in [4.78, 5) is 24.7. The molecule has 1 aromatic carbocycles. The molecule has 1 aromatic heterocycles. The van der Waals surface area contributed by atoms with Crippen LogP contribution < -0.4 is 4.90 Å². The first kappa shape index (κ1) is 15.5. The molecule has 4 nitrogen and oxygen atoms in total. The van der Waals surface area contributed by atoms with Crippen molar-refractivity contribution in [3.05, 3.63) is 57.4 Å². The number of thiophene rings is 1. The van der Waals surface area contributed by atoms with Crippen LogP contribution in [0.5, 0.6) is 0 Å². The number of aromatic carboxylic acids is 1. The molecule has 5 heteroatoms. The van der Waals surface area contributed by atoms with E-state index in [1.165, 1.54) is 5.56 Å². The molecule has 118 valence electrons. The van der Waals surface area contributed by atoms with Crippen LogP contribution in [0, 0.1) is 0 Å². The van der Waals surface area contributed by atoms with E-state index in [2.05, 4.69) is 17.4 Å². The molecule has 0 radical (unpaired) electrons. The topological polar surface area (TPSA) is 57.6 Å². The average molecular weight is 327 g/mol. The third-order valence-corrected chi connectivity index (χ3v) is 5.10. The lowest BCUT2D eigenvalue weighted by Gasteiger charge is -2.23. The lowest BCUT2D eigenvalue weighted by atomic mass is 9.84. The minimum atomic E-state index is -0.966. The lowest BCUT2D eigenvalue weighted by Crippen LogP contribution is -2.28. The average Bonchev–Trinajstić information content (AvgIpc) is 3.09. The van der Waals surface area contributed by atoms with Gasteiger partial charge in [-0.25, -0.2) is 9.59 Å². The van der Waals surface area contributed by atoms with E-state index in [1.54, 1.807) is 29.5 Å². The fraction of sp³-hybridized carbons (Fsp3) is 0.278. The molecule has 0 aliphatic carbocycles. The van der Waals surface area contributed by atoms with Crippen LogP contribution in [-0.4, -0.2) is 23.6 Å². The highest BCUT2D eigenvalue weighted by molar-refractivity contribution is 7.07. The van der Waals surface area contributed by atoms with E-state index in [0.29, 0.717) is 12.2 Å². The fourth-order valence-electron chi connectivity index (χ4n) is 3.09. The highest BCUT2D eigenvalue weighted by Crippen LogP contribution is 2.46. The number of anilines is 1. The van der Waals surface area contributed by atoms with E-state index in [9.17, 15) is 14.7 Å². The minimum Gasteiger partial charge on any atom is -0.478 e. The summed E-state index contributed by atoms with van der Waals surface area (Å²) < 4.78 is 0. The quantitative estimate of drug-likeness (QED) is 0.873. The Morgan fingerprint density at radius 3 is 2.74 bits per heavy atom. The van der Waals surface area contributed by atoms with Crippen molar-refractivity contribution in [1.29, 1.82) is 0 Å². The second kappa shape index (κ2) is 5.69. The molecule has 0 amide bonds. The Labute approximate surface area is 138 Å². The zero-order valence-corrected chi connectivity index (χ0v) is 13.8. The smallest absolute Gasteiger partial charge is 0.335 e. The number of rotatable bonds is 4. The Morgan fingerprint density at radius 1 is 1.35 bits per heavy atom.